The van der Waals surface area contributed by atoms with E-state index in [4.69, 9.17) is 12.2 Å². The van der Waals surface area contributed by atoms with Gasteiger partial charge in [-0.1, -0.05) is 36.4 Å². The molecule has 1 aliphatic rings. The van der Waals surface area contributed by atoms with Crippen molar-refractivity contribution in [1.29, 1.82) is 0 Å². The van der Waals surface area contributed by atoms with Crippen LogP contribution in [0.3, 0.4) is 0 Å². The molecular weight excluding hydrogens is 400 g/mol. The number of pyridine rings is 1. The monoisotopic (exact) mass is 424 g/mol. The van der Waals surface area contributed by atoms with E-state index in [1.165, 1.54) is 22.5 Å². The lowest BCUT2D eigenvalue weighted by molar-refractivity contribution is 0.549. The van der Waals surface area contributed by atoms with Gasteiger partial charge in [0, 0.05) is 29.5 Å². The van der Waals surface area contributed by atoms with Crippen LogP contribution in [0.1, 0.15) is 34.6 Å². The van der Waals surface area contributed by atoms with Crippen LogP contribution in [0, 0.1) is 13.8 Å². The van der Waals surface area contributed by atoms with E-state index in [-0.39, 0.29) is 12.1 Å². The molecule has 0 aliphatic carbocycles. The first-order valence-corrected chi connectivity index (χ1v) is 10.8. The minimum atomic E-state index is -0.0631. The number of hydrogen-bond donors (Lipinski definition) is 1. The summed E-state index contributed by atoms with van der Waals surface area (Å²) in [6, 6.07) is 27.2. The average molecular weight is 425 g/mol. The number of rotatable bonds is 4. The fourth-order valence-corrected chi connectivity index (χ4v) is 4.75. The van der Waals surface area contributed by atoms with Crippen LogP contribution in [-0.2, 0) is 0 Å². The van der Waals surface area contributed by atoms with E-state index in [9.17, 15) is 0 Å². The molecule has 1 saturated heterocycles. The Bertz CT molecular complexity index is 1230. The second kappa shape index (κ2) is 8.00. The number of benzene rings is 2. The zero-order valence-electron chi connectivity index (χ0n) is 17.6. The average Bonchev–Trinajstić information content (AvgIpc) is 3.39. The lowest BCUT2D eigenvalue weighted by atomic mass is 10.00. The third kappa shape index (κ3) is 3.51. The minimum Gasteiger partial charge on any atom is -0.351 e. The van der Waals surface area contributed by atoms with Crippen molar-refractivity contribution in [2.24, 2.45) is 0 Å². The predicted molar refractivity (Wildman–Crippen MR) is 130 cm³/mol. The highest BCUT2D eigenvalue weighted by Crippen LogP contribution is 2.42. The van der Waals surface area contributed by atoms with Gasteiger partial charge in [0.15, 0.2) is 5.11 Å². The van der Waals surface area contributed by atoms with Gasteiger partial charge in [-0.15, -0.1) is 0 Å². The number of anilines is 1. The van der Waals surface area contributed by atoms with Gasteiger partial charge >= 0.3 is 0 Å². The van der Waals surface area contributed by atoms with Crippen molar-refractivity contribution in [3.63, 3.8) is 0 Å². The topological polar surface area (TPSA) is 33.1 Å². The molecule has 5 heteroatoms. The molecule has 0 radical (unpaired) electrons. The van der Waals surface area contributed by atoms with E-state index in [0.717, 1.165) is 11.4 Å². The molecule has 0 amide bonds. The molecule has 2 aromatic carbocycles. The molecule has 0 saturated carbocycles. The third-order valence-electron chi connectivity index (χ3n) is 5.84. The molecule has 1 N–H and O–H groups in total. The molecule has 0 unspecified atom stereocenters. The van der Waals surface area contributed by atoms with E-state index < -0.39 is 0 Å². The summed E-state index contributed by atoms with van der Waals surface area (Å²) < 4.78 is 2.27. The molecule has 31 heavy (non-hydrogen) atoms. The maximum Gasteiger partial charge on any atom is 0.174 e. The molecule has 4 nitrogen and oxygen atoms in total. The highest BCUT2D eigenvalue weighted by atomic mass is 32.1. The third-order valence-corrected chi connectivity index (χ3v) is 6.15. The smallest absolute Gasteiger partial charge is 0.174 e. The van der Waals surface area contributed by atoms with Gasteiger partial charge in [-0.3, -0.25) is 4.98 Å². The molecular formula is C26H24N4S. The number of nitrogens with zero attached hydrogens (tertiary/aromatic N) is 3. The summed E-state index contributed by atoms with van der Waals surface area (Å²) in [4.78, 5) is 6.89. The molecule has 1 fully saturated rings. The molecule has 154 valence electrons. The van der Waals surface area contributed by atoms with E-state index in [1.807, 2.05) is 18.3 Å². The van der Waals surface area contributed by atoms with Crippen LogP contribution >= 0.6 is 12.2 Å². The predicted octanol–water partition coefficient (Wildman–Crippen LogP) is 5.67. The Morgan fingerprint density at radius 2 is 1.74 bits per heavy atom. The Morgan fingerprint density at radius 1 is 0.903 bits per heavy atom. The summed E-state index contributed by atoms with van der Waals surface area (Å²) in [6.07, 6.45) is 3.97. The summed E-state index contributed by atoms with van der Waals surface area (Å²) in [5.41, 5.74) is 6.82. The standard InChI is InChI=1S/C26H24N4S/c1-18-9-7-11-20(17-18)30-25(24(28-26(30)31)21-12-5-6-15-27-21)23-14-8-16-29(23)22-13-4-3-10-19(22)2/h3-17,24-25H,1-2H3,(H,28,31)/t24-,25-/m1/s1. The molecule has 1 aliphatic heterocycles. The molecule has 5 rings (SSSR count). The largest absolute Gasteiger partial charge is 0.351 e. The van der Waals surface area contributed by atoms with Crippen molar-refractivity contribution in [3.8, 4) is 5.69 Å². The number of aryl methyl sites for hydroxylation is 2. The molecule has 0 bridgehead atoms. The number of nitrogens with one attached hydrogen (secondary N) is 1. The van der Waals surface area contributed by atoms with Gasteiger partial charge in [0.1, 0.15) is 6.04 Å². The lowest BCUT2D eigenvalue weighted by Gasteiger charge is -2.29. The minimum absolute atomic E-state index is 0.0428. The van der Waals surface area contributed by atoms with Crippen molar-refractivity contribution < 1.29 is 0 Å². The number of para-hydroxylation sites is 1. The van der Waals surface area contributed by atoms with Crippen LogP contribution in [-0.4, -0.2) is 14.7 Å². The van der Waals surface area contributed by atoms with Crippen LogP contribution in [0.5, 0.6) is 0 Å². The van der Waals surface area contributed by atoms with Crippen molar-refractivity contribution in [2.45, 2.75) is 25.9 Å². The van der Waals surface area contributed by atoms with Crippen LogP contribution in [0.2, 0.25) is 0 Å². The highest BCUT2D eigenvalue weighted by Gasteiger charge is 2.42. The highest BCUT2D eigenvalue weighted by molar-refractivity contribution is 7.80. The maximum atomic E-state index is 5.86. The van der Waals surface area contributed by atoms with Gasteiger partial charge in [0.05, 0.1) is 11.7 Å². The summed E-state index contributed by atoms with van der Waals surface area (Å²) in [6.45, 7) is 4.25. The Hall–Kier alpha value is -3.44. The van der Waals surface area contributed by atoms with Gasteiger partial charge in [-0.2, -0.15) is 0 Å². The lowest BCUT2D eigenvalue weighted by Crippen LogP contribution is -2.30. The van der Waals surface area contributed by atoms with Crippen LogP contribution < -0.4 is 10.2 Å². The zero-order valence-corrected chi connectivity index (χ0v) is 18.4. The van der Waals surface area contributed by atoms with Crippen LogP contribution in [0.15, 0.2) is 91.3 Å². The van der Waals surface area contributed by atoms with E-state index in [0.29, 0.717) is 5.11 Å². The summed E-state index contributed by atoms with van der Waals surface area (Å²) in [5.74, 6) is 0. The number of aromatic nitrogens is 2. The van der Waals surface area contributed by atoms with Gasteiger partial charge in [0.2, 0.25) is 0 Å². The van der Waals surface area contributed by atoms with Crippen molar-refractivity contribution >= 4 is 23.0 Å². The quantitative estimate of drug-likeness (QED) is 0.428. The Balaban J connectivity index is 1.69. The van der Waals surface area contributed by atoms with Crippen molar-refractivity contribution in [1.82, 2.24) is 14.9 Å². The summed E-state index contributed by atoms with van der Waals surface area (Å²) in [5, 5.41) is 4.26. The fourth-order valence-electron chi connectivity index (χ4n) is 4.40. The maximum absolute atomic E-state index is 5.86. The summed E-state index contributed by atoms with van der Waals surface area (Å²) in [7, 11) is 0. The first-order chi connectivity index (χ1) is 15.1. The second-order valence-corrected chi connectivity index (χ2v) is 8.31. The number of hydrogen-bond acceptors (Lipinski definition) is 2. The Labute approximate surface area is 188 Å². The van der Waals surface area contributed by atoms with Gasteiger partial charge < -0.3 is 14.8 Å². The molecule has 4 aromatic rings. The van der Waals surface area contributed by atoms with Crippen LogP contribution in [0.25, 0.3) is 5.69 Å². The van der Waals surface area contributed by atoms with E-state index in [1.54, 1.807) is 0 Å². The Kier molecular flexibility index (Phi) is 5.04. The SMILES string of the molecule is Cc1cccc(N2C(=S)N[C@H](c3ccccn3)[C@H]2c2cccn2-c2ccccc2C)c1. The first-order valence-electron chi connectivity index (χ1n) is 10.4. The zero-order chi connectivity index (χ0) is 21.4. The first kappa shape index (κ1) is 19.5. The van der Waals surface area contributed by atoms with E-state index >= 15 is 0 Å². The molecule has 3 heterocycles. The van der Waals surface area contributed by atoms with E-state index in [2.05, 4.69) is 107 Å². The molecule has 2 aromatic heterocycles. The second-order valence-electron chi connectivity index (χ2n) is 7.93. The summed E-state index contributed by atoms with van der Waals surface area (Å²) >= 11 is 5.86. The van der Waals surface area contributed by atoms with Gasteiger partial charge in [0.25, 0.3) is 0 Å². The van der Waals surface area contributed by atoms with Crippen molar-refractivity contribution in [2.75, 3.05) is 4.90 Å². The van der Waals surface area contributed by atoms with Gasteiger partial charge in [-0.05, 0) is 79.7 Å². The molecule has 2 atom stereocenters. The van der Waals surface area contributed by atoms with Crippen LogP contribution in [0.4, 0.5) is 5.69 Å². The molecule has 0 spiro atoms. The van der Waals surface area contributed by atoms with Crippen molar-refractivity contribution in [3.05, 3.63) is 114 Å². The Morgan fingerprint density at radius 3 is 2.52 bits per heavy atom. The fraction of sp³-hybridized carbons (Fsp3) is 0.154. The van der Waals surface area contributed by atoms with Gasteiger partial charge in [-0.25, -0.2) is 0 Å². The number of thiocarbonyl (C=S) groups is 1. The normalized spacial score (nSPS) is 18.3.